The predicted molar refractivity (Wildman–Crippen MR) is 193 cm³/mol. The molecule has 3 aliphatic heterocycles. The van der Waals surface area contributed by atoms with E-state index in [9.17, 15) is 27.6 Å². The van der Waals surface area contributed by atoms with Gasteiger partial charge >= 0.3 is 6.36 Å². The zero-order chi connectivity index (χ0) is 36.6. The molecule has 0 bridgehead atoms. The first-order valence-electron chi connectivity index (χ1n) is 17.6. The molecule has 274 valence electrons. The average molecular weight is 737 g/mol. The highest BCUT2D eigenvalue weighted by Crippen LogP contribution is 2.39. The van der Waals surface area contributed by atoms with Crippen LogP contribution in [0.5, 0.6) is 5.75 Å². The Kier molecular flexibility index (Phi) is 10.2. The largest absolute Gasteiger partial charge is 0.573 e. The summed E-state index contributed by atoms with van der Waals surface area (Å²) in [5.41, 5.74) is 3.04. The molecule has 0 radical (unpaired) electrons. The molecule has 7 rings (SSSR count). The Labute approximate surface area is 303 Å². The number of benzene rings is 2. The van der Waals surface area contributed by atoms with E-state index in [0.717, 1.165) is 63.2 Å². The predicted octanol–water partition coefficient (Wildman–Crippen LogP) is 6.50. The number of piperidine rings is 3. The van der Waals surface area contributed by atoms with Crippen LogP contribution in [-0.4, -0.2) is 64.8 Å². The van der Waals surface area contributed by atoms with Crippen LogP contribution < -0.4 is 25.8 Å². The molecule has 1 atom stereocenters. The maximum Gasteiger partial charge on any atom is 0.573 e. The number of anilines is 2. The van der Waals surface area contributed by atoms with Crippen LogP contribution in [-0.2, 0) is 23.2 Å². The minimum Gasteiger partial charge on any atom is -0.405 e. The van der Waals surface area contributed by atoms with Crippen LogP contribution in [0, 0.1) is 11.8 Å². The van der Waals surface area contributed by atoms with Gasteiger partial charge < -0.3 is 19.5 Å². The van der Waals surface area contributed by atoms with Crippen molar-refractivity contribution in [3.05, 3.63) is 82.0 Å². The molecule has 5 heterocycles. The molecule has 2 aromatic carbocycles. The summed E-state index contributed by atoms with van der Waals surface area (Å²) in [4.78, 5) is 44.8. The minimum absolute atomic E-state index is 0.235. The summed E-state index contributed by atoms with van der Waals surface area (Å²) in [6.07, 6.45) is 4.52. The Morgan fingerprint density at radius 3 is 2.37 bits per heavy atom. The molecule has 4 aromatic rings. The molecule has 3 fully saturated rings. The van der Waals surface area contributed by atoms with Crippen molar-refractivity contribution in [3.63, 3.8) is 0 Å². The number of imide groups is 1. The summed E-state index contributed by atoms with van der Waals surface area (Å²) in [7, 11) is 1.60. The number of aryl methyl sites for hydroxylation is 1. The number of nitrogens with one attached hydrogen (secondary N) is 2. The third-order valence-electron chi connectivity index (χ3n) is 10.7. The molecule has 14 heteroatoms. The van der Waals surface area contributed by atoms with Gasteiger partial charge in [0, 0.05) is 68.5 Å². The van der Waals surface area contributed by atoms with Crippen LogP contribution in [0.25, 0.3) is 21.9 Å². The fourth-order valence-corrected chi connectivity index (χ4v) is 8.23. The number of carbonyl (C=O) groups is 2. The first-order valence-corrected chi connectivity index (χ1v) is 18.0. The monoisotopic (exact) mass is 736 g/mol. The molecule has 3 aliphatic rings. The lowest BCUT2D eigenvalue weighted by Crippen LogP contribution is -2.47. The van der Waals surface area contributed by atoms with E-state index in [4.69, 9.17) is 11.6 Å². The van der Waals surface area contributed by atoms with Crippen molar-refractivity contribution in [2.45, 2.75) is 57.5 Å². The van der Waals surface area contributed by atoms with Crippen molar-refractivity contribution in [2.24, 2.45) is 18.9 Å². The lowest BCUT2D eigenvalue weighted by molar-refractivity contribution is -0.275. The summed E-state index contributed by atoms with van der Waals surface area (Å²) in [5.74, 6) is 0.267. The molecule has 0 aliphatic carbocycles. The molecule has 52 heavy (non-hydrogen) atoms. The Morgan fingerprint density at radius 1 is 0.942 bits per heavy atom. The molecule has 3 saturated heterocycles. The van der Waals surface area contributed by atoms with Crippen molar-refractivity contribution in [2.75, 3.05) is 36.4 Å². The van der Waals surface area contributed by atoms with Gasteiger partial charge in [-0.25, -0.2) is 0 Å². The Balaban J connectivity index is 0.957. The molecule has 2 amide bonds. The van der Waals surface area contributed by atoms with Crippen LogP contribution in [0.3, 0.4) is 0 Å². The molecule has 2 N–H and O–H groups in total. The van der Waals surface area contributed by atoms with E-state index in [1.807, 2.05) is 18.2 Å². The minimum atomic E-state index is -4.86. The number of fused-ring (bicyclic) bond motifs is 1. The maximum absolute atomic E-state index is 13.6. The Bertz CT molecular complexity index is 2040. The number of pyridine rings is 2. The number of nitrogens with zero attached hydrogens (tertiary/aromatic N) is 4. The Hall–Kier alpha value is -4.62. The van der Waals surface area contributed by atoms with Crippen molar-refractivity contribution in [1.29, 1.82) is 0 Å². The van der Waals surface area contributed by atoms with E-state index in [1.54, 1.807) is 37.6 Å². The number of amides is 2. The Morgan fingerprint density at radius 2 is 1.67 bits per heavy atom. The van der Waals surface area contributed by atoms with Gasteiger partial charge in [0.05, 0.1) is 16.1 Å². The topological polar surface area (TPSA) is 109 Å². The fourth-order valence-electron chi connectivity index (χ4n) is 7.93. The maximum atomic E-state index is 13.6. The zero-order valence-electron chi connectivity index (χ0n) is 28.7. The van der Waals surface area contributed by atoms with Gasteiger partial charge in [-0.1, -0.05) is 23.7 Å². The van der Waals surface area contributed by atoms with Gasteiger partial charge in [-0.2, -0.15) is 0 Å². The summed E-state index contributed by atoms with van der Waals surface area (Å²) in [6.45, 7) is 3.64. The van der Waals surface area contributed by atoms with E-state index in [0.29, 0.717) is 63.7 Å². The molecule has 2 aromatic heterocycles. The SMILES string of the molecule is Cn1cc(-c2ccc(CN3CCC(C4CCN(c5ccc(NC6CCC(=O)NC6=O)cc5Cl)CC4)CC3)c(OC(F)(F)F)c2)c2ccncc2c1=O. The van der Waals surface area contributed by atoms with Crippen LogP contribution in [0.4, 0.5) is 24.5 Å². The quantitative estimate of drug-likeness (QED) is 0.198. The van der Waals surface area contributed by atoms with E-state index in [1.165, 1.54) is 16.8 Å². The second-order valence-electron chi connectivity index (χ2n) is 14.0. The number of ether oxygens (including phenoxy) is 1. The van der Waals surface area contributed by atoms with Crippen LogP contribution in [0.2, 0.25) is 5.02 Å². The molecular weight excluding hydrogens is 697 g/mol. The van der Waals surface area contributed by atoms with E-state index >= 15 is 0 Å². The summed E-state index contributed by atoms with van der Waals surface area (Å²) in [5, 5.41) is 7.14. The normalized spacial score (nSPS) is 19.6. The highest BCUT2D eigenvalue weighted by atomic mass is 35.5. The second kappa shape index (κ2) is 14.8. The van der Waals surface area contributed by atoms with Gasteiger partial charge in [-0.05, 0) is 98.3 Å². The summed E-state index contributed by atoms with van der Waals surface area (Å²) < 4.78 is 46.8. The van der Waals surface area contributed by atoms with E-state index in [-0.39, 0.29) is 23.1 Å². The van der Waals surface area contributed by atoms with Crippen LogP contribution >= 0.6 is 11.6 Å². The first kappa shape index (κ1) is 35.8. The van der Waals surface area contributed by atoms with Gasteiger partial charge in [0.2, 0.25) is 11.8 Å². The van der Waals surface area contributed by atoms with Crippen molar-refractivity contribution in [3.8, 4) is 16.9 Å². The van der Waals surface area contributed by atoms with E-state index < -0.39 is 12.4 Å². The number of rotatable bonds is 8. The first-order chi connectivity index (χ1) is 24.9. The van der Waals surface area contributed by atoms with Gasteiger partial charge in [0.25, 0.3) is 5.56 Å². The number of hydrogen-bond donors (Lipinski definition) is 2. The van der Waals surface area contributed by atoms with Gasteiger partial charge in [0.15, 0.2) is 0 Å². The molecular formula is C38H40ClF3N6O4. The third kappa shape index (κ3) is 7.90. The lowest BCUT2D eigenvalue weighted by Gasteiger charge is -2.41. The number of alkyl halides is 3. The van der Waals surface area contributed by atoms with Crippen molar-refractivity contribution >= 4 is 45.6 Å². The number of aromatic nitrogens is 2. The van der Waals surface area contributed by atoms with E-state index in [2.05, 4.69) is 30.2 Å². The molecule has 1 unspecified atom stereocenters. The van der Waals surface area contributed by atoms with Gasteiger partial charge in [-0.15, -0.1) is 13.2 Å². The van der Waals surface area contributed by atoms with Crippen LogP contribution in [0.15, 0.2) is 65.8 Å². The number of hydrogen-bond acceptors (Lipinski definition) is 8. The van der Waals surface area contributed by atoms with Gasteiger partial charge in [-0.3, -0.25) is 29.6 Å². The summed E-state index contributed by atoms with van der Waals surface area (Å²) in [6, 6.07) is 11.8. The molecule has 10 nitrogen and oxygen atoms in total. The summed E-state index contributed by atoms with van der Waals surface area (Å²) >= 11 is 6.70. The zero-order valence-corrected chi connectivity index (χ0v) is 29.5. The molecule has 0 spiro atoms. The second-order valence-corrected chi connectivity index (χ2v) is 14.4. The van der Waals surface area contributed by atoms with Crippen molar-refractivity contribution in [1.82, 2.24) is 19.8 Å². The smallest absolute Gasteiger partial charge is 0.405 e. The number of carbonyl (C=O) groups excluding carboxylic acids is 2. The fraction of sp³-hybridized carbons (Fsp3) is 0.421. The third-order valence-corrected chi connectivity index (χ3v) is 11.0. The van der Waals surface area contributed by atoms with Gasteiger partial charge in [0.1, 0.15) is 11.8 Å². The highest BCUT2D eigenvalue weighted by molar-refractivity contribution is 6.33. The number of halogens is 4. The lowest BCUT2D eigenvalue weighted by atomic mass is 9.78. The average Bonchev–Trinajstić information content (AvgIpc) is 3.12. The standard InChI is InChI=1S/C38H40ClF3N6O4/c1-46-22-30(28-8-13-43-20-29(28)37(46)51)25-2-3-26(34(18-25)52-38(40,41)42)21-47-14-9-23(10-15-47)24-11-16-48(17-12-24)33-6-4-27(19-31(33)39)44-32-5-7-35(49)45-36(32)50/h2-4,6,8,13,18-20,22-24,32,44H,5,7,9-12,14-17,21H2,1H3,(H,45,49,50). The van der Waals surface area contributed by atoms with Crippen molar-refractivity contribution < 1.29 is 27.5 Å². The van der Waals surface area contributed by atoms with Crippen LogP contribution in [0.1, 0.15) is 44.1 Å². The number of likely N-dealkylation sites (tertiary alicyclic amines) is 1. The highest BCUT2D eigenvalue weighted by Gasteiger charge is 2.34. The molecule has 0 saturated carbocycles.